The Bertz CT molecular complexity index is 1020. The predicted molar refractivity (Wildman–Crippen MR) is 88.5 cm³/mol. The number of benzene rings is 1. The van der Waals surface area contributed by atoms with Gasteiger partial charge in [-0.1, -0.05) is 0 Å². The van der Waals surface area contributed by atoms with E-state index in [2.05, 4.69) is 15.5 Å². The van der Waals surface area contributed by atoms with E-state index >= 15 is 0 Å². The van der Waals surface area contributed by atoms with Crippen LogP contribution in [0.15, 0.2) is 34.7 Å². The van der Waals surface area contributed by atoms with E-state index in [1.165, 1.54) is 6.07 Å². The third-order valence-corrected chi connectivity index (χ3v) is 4.46. The summed E-state index contributed by atoms with van der Waals surface area (Å²) in [5.41, 5.74) is -1.34. The number of rotatable bonds is 3. The minimum absolute atomic E-state index is 0.169. The van der Waals surface area contributed by atoms with Gasteiger partial charge in [0.25, 0.3) is 6.43 Å². The molecule has 0 aliphatic carbocycles. The fourth-order valence-electron chi connectivity index (χ4n) is 3.18. The highest BCUT2D eigenvalue weighted by Gasteiger charge is 2.38. The number of allylic oxidation sites excluding steroid dienone is 4. The van der Waals surface area contributed by atoms with Crippen molar-refractivity contribution in [1.82, 2.24) is 15.5 Å². The van der Waals surface area contributed by atoms with Crippen LogP contribution in [0.5, 0.6) is 0 Å². The molecule has 2 heterocycles. The van der Waals surface area contributed by atoms with Crippen molar-refractivity contribution in [1.29, 1.82) is 10.5 Å². The van der Waals surface area contributed by atoms with Gasteiger partial charge in [-0.05, 0) is 19.9 Å². The molecular formula is C18H13F4N5. The number of aryl methyl sites for hydroxylation is 1. The second-order valence-corrected chi connectivity index (χ2v) is 6.09. The third-order valence-electron chi connectivity index (χ3n) is 4.46. The lowest BCUT2D eigenvalue weighted by atomic mass is 9.80. The summed E-state index contributed by atoms with van der Waals surface area (Å²) < 4.78 is 55.7. The van der Waals surface area contributed by atoms with Gasteiger partial charge in [-0.3, -0.25) is 5.10 Å². The van der Waals surface area contributed by atoms with Gasteiger partial charge >= 0.3 is 0 Å². The number of hydrogen-bond acceptors (Lipinski definition) is 4. The monoisotopic (exact) mass is 375 g/mol. The molecule has 27 heavy (non-hydrogen) atoms. The van der Waals surface area contributed by atoms with Gasteiger partial charge in [0.2, 0.25) is 0 Å². The Morgan fingerprint density at radius 1 is 1.11 bits per heavy atom. The van der Waals surface area contributed by atoms with Gasteiger partial charge in [0.1, 0.15) is 12.0 Å². The molecule has 138 valence electrons. The van der Waals surface area contributed by atoms with Crippen LogP contribution in [0.1, 0.15) is 24.1 Å². The van der Waals surface area contributed by atoms with E-state index in [0.29, 0.717) is 16.6 Å². The Morgan fingerprint density at radius 2 is 1.74 bits per heavy atom. The molecule has 0 saturated heterocycles. The molecule has 2 atom stereocenters. The Kier molecular flexibility index (Phi) is 4.63. The molecule has 9 heteroatoms. The molecule has 5 nitrogen and oxygen atoms in total. The van der Waals surface area contributed by atoms with E-state index in [1.54, 1.807) is 19.1 Å². The Balaban J connectivity index is 2.36. The van der Waals surface area contributed by atoms with Crippen molar-refractivity contribution in [3.63, 3.8) is 0 Å². The molecule has 0 spiro atoms. The summed E-state index contributed by atoms with van der Waals surface area (Å²) >= 11 is 0. The molecule has 2 N–H and O–H groups in total. The minimum atomic E-state index is -3.13. The maximum Gasteiger partial charge on any atom is 0.279 e. The second kappa shape index (κ2) is 6.76. The maximum absolute atomic E-state index is 14.8. The van der Waals surface area contributed by atoms with E-state index in [9.17, 15) is 28.1 Å². The molecular weight excluding hydrogens is 362 g/mol. The van der Waals surface area contributed by atoms with E-state index in [0.717, 1.165) is 13.0 Å². The highest BCUT2D eigenvalue weighted by Crippen LogP contribution is 2.41. The zero-order valence-corrected chi connectivity index (χ0v) is 14.2. The first kappa shape index (κ1) is 18.5. The quantitative estimate of drug-likeness (QED) is 0.797. The lowest BCUT2D eigenvalue weighted by Gasteiger charge is -2.29. The number of fused-ring (bicyclic) bond motifs is 1. The zero-order chi connectivity index (χ0) is 19.9. The molecule has 1 aromatic carbocycles. The van der Waals surface area contributed by atoms with Crippen LogP contribution in [0.3, 0.4) is 0 Å². The lowest BCUT2D eigenvalue weighted by molar-refractivity contribution is 0.178. The molecule has 0 bridgehead atoms. The number of aromatic amines is 1. The summed E-state index contributed by atoms with van der Waals surface area (Å²) in [6.45, 7) is 2.75. The summed E-state index contributed by atoms with van der Waals surface area (Å²) in [5.74, 6) is -2.28. The van der Waals surface area contributed by atoms with E-state index in [-0.39, 0.29) is 11.1 Å². The topological polar surface area (TPSA) is 88.3 Å². The molecule has 0 radical (unpaired) electrons. The van der Waals surface area contributed by atoms with Crippen molar-refractivity contribution in [2.45, 2.75) is 32.4 Å². The first-order valence-electron chi connectivity index (χ1n) is 7.91. The van der Waals surface area contributed by atoms with Crippen molar-refractivity contribution in [3.8, 4) is 12.1 Å². The van der Waals surface area contributed by atoms with Crippen molar-refractivity contribution >= 4 is 10.9 Å². The molecule has 1 aliphatic heterocycles. The molecule has 3 rings (SSSR count). The van der Waals surface area contributed by atoms with Crippen LogP contribution in [-0.2, 0) is 0 Å². The highest BCUT2D eigenvalue weighted by atomic mass is 19.3. The average Bonchev–Trinajstić information content (AvgIpc) is 2.98. The van der Waals surface area contributed by atoms with Crippen LogP contribution >= 0.6 is 0 Å². The molecule has 2 aromatic rings. The third kappa shape index (κ3) is 2.91. The van der Waals surface area contributed by atoms with Gasteiger partial charge in [0, 0.05) is 22.7 Å². The molecule has 1 aliphatic rings. The number of halogens is 4. The van der Waals surface area contributed by atoms with E-state index < -0.39 is 41.3 Å². The van der Waals surface area contributed by atoms with E-state index in [4.69, 9.17) is 0 Å². The molecule has 1 aromatic heterocycles. The highest BCUT2D eigenvalue weighted by molar-refractivity contribution is 5.82. The fraction of sp³-hybridized carbons (Fsp3) is 0.278. The first-order valence-corrected chi connectivity index (χ1v) is 7.91. The fourth-order valence-corrected chi connectivity index (χ4v) is 3.18. The Hall–Kier alpha value is -3.33. The average molecular weight is 375 g/mol. The number of hydrogen-bond donors (Lipinski definition) is 2. The number of nitrogens with zero attached hydrogens (tertiary/aromatic N) is 3. The lowest BCUT2D eigenvalue weighted by Crippen LogP contribution is -2.33. The Labute approximate surface area is 151 Å². The summed E-state index contributed by atoms with van der Waals surface area (Å²) in [5, 5.41) is 28.2. The summed E-state index contributed by atoms with van der Waals surface area (Å²) in [4.78, 5) is 0. The van der Waals surface area contributed by atoms with Crippen LogP contribution in [-0.4, -0.2) is 22.8 Å². The number of nitrogens with one attached hydrogen (secondary N) is 2. The van der Waals surface area contributed by atoms with Gasteiger partial charge in [0.15, 0.2) is 0 Å². The van der Waals surface area contributed by atoms with Crippen LogP contribution in [0.4, 0.5) is 17.6 Å². The van der Waals surface area contributed by atoms with Crippen molar-refractivity contribution < 1.29 is 17.6 Å². The van der Waals surface area contributed by atoms with Crippen LogP contribution in [0.25, 0.3) is 10.9 Å². The molecule has 0 saturated carbocycles. The van der Waals surface area contributed by atoms with E-state index in [1.807, 2.05) is 0 Å². The van der Waals surface area contributed by atoms with Gasteiger partial charge in [-0.25, -0.2) is 17.6 Å². The zero-order valence-electron chi connectivity index (χ0n) is 14.2. The standard InChI is InChI=1S/C18H13F4N5/c1-7(19)16-11(5-23)15(12(6-24)17(25-16)18(21)22)10-3-9-8(2)26-27-14(9)4-13(10)20/h3-4,7,15,18,25H,1-2H3,(H,26,27). The van der Waals surface area contributed by atoms with Crippen LogP contribution in [0, 0.1) is 35.4 Å². The summed E-state index contributed by atoms with van der Waals surface area (Å²) in [6, 6.07) is 5.81. The summed E-state index contributed by atoms with van der Waals surface area (Å²) in [6.07, 6.45) is -4.92. The van der Waals surface area contributed by atoms with Crippen LogP contribution < -0.4 is 5.32 Å². The predicted octanol–water partition coefficient (Wildman–Crippen LogP) is 3.88. The van der Waals surface area contributed by atoms with Crippen molar-refractivity contribution in [2.24, 2.45) is 0 Å². The van der Waals surface area contributed by atoms with Gasteiger partial charge in [-0.2, -0.15) is 15.6 Å². The van der Waals surface area contributed by atoms with Crippen molar-refractivity contribution in [3.05, 3.63) is 51.7 Å². The minimum Gasteiger partial charge on any atom is -0.354 e. The summed E-state index contributed by atoms with van der Waals surface area (Å²) in [7, 11) is 0. The largest absolute Gasteiger partial charge is 0.354 e. The first-order chi connectivity index (χ1) is 12.8. The van der Waals surface area contributed by atoms with Crippen molar-refractivity contribution in [2.75, 3.05) is 0 Å². The number of aromatic nitrogens is 2. The number of H-pyrrole nitrogens is 1. The second-order valence-electron chi connectivity index (χ2n) is 6.09. The van der Waals surface area contributed by atoms with Gasteiger partial charge in [-0.15, -0.1) is 0 Å². The smallest absolute Gasteiger partial charge is 0.279 e. The number of alkyl halides is 3. The number of dihydropyridines is 1. The SMILES string of the molecule is Cc1[nH]nc2cc(F)c(C3C(C#N)=C(C(C)F)NC(C(F)F)=C3C#N)cc12. The molecule has 0 amide bonds. The normalized spacial score (nSPS) is 18.5. The van der Waals surface area contributed by atoms with Gasteiger partial charge < -0.3 is 5.32 Å². The number of nitriles is 2. The molecule has 2 unspecified atom stereocenters. The Morgan fingerprint density at radius 3 is 2.30 bits per heavy atom. The maximum atomic E-state index is 14.8. The molecule has 0 fully saturated rings. The van der Waals surface area contributed by atoms with Crippen LogP contribution in [0.2, 0.25) is 0 Å². The van der Waals surface area contributed by atoms with Gasteiger partial charge in [0.05, 0.1) is 46.1 Å².